The largest absolute Gasteiger partial charge is 0.310 e. The summed E-state index contributed by atoms with van der Waals surface area (Å²) in [5.41, 5.74) is 2.94. The van der Waals surface area contributed by atoms with Crippen LogP contribution in [-0.4, -0.2) is 6.54 Å². The molecule has 1 atom stereocenters. The number of nitrogens with one attached hydrogen (secondary N) is 1. The summed E-state index contributed by atoms with van der Waals surface area (Å²) in [6.45, 7) is 9.96. The van der Waals surface area contributed by atoms with Gasteiger partial charge in [0.25, 0.3) is 0 Å². The summed E-state index contributed by atoms with van der Waals surface area (Å²) in [4.78, 5) is 0. The molecule has 0 radical (unpaired) electrons. The summed E-state index contributed by atoms with van der Waals surface area (Å²) in [7, 11) is 0. The number of hydrogen-bond donors (Lipinski definition) is 1. The fraction of sp³-hybridized carbons (Fsp3) is 0.571. The Morgan fingerprint density at radius 3 is 2.40 bits per heavy atom. The van der Waals surface area contributed by atoms with Gasteiger partial charge in [0.05, 0.1) is 0 Å². The van der Waals surface area contributed by atoms with E-state index in [1.807, 2.05) is 0 Å². The molecule has 15 heavy (non-hydrogen) atoms. The summed E-state index contributed by atoms with van der Waals surface area (Å²) in [6.07, 6.45) is 1.17. The van der Waals surface area contributed by atoms with Crippen LogP contribution in [0.25, 0.3) is 0 Å². The summed E-state index contributed by atoms with van der Waals surface area (Å²) in [5.74, 6) is 0.722. The van der Waals surface area contributed by atoms with Crippen molar-refractivity contribution in [1.29, 1.82) is 0 Å². The van der Waals surface area contributed by atoms with Crippen LogP contribution in [0.3, 0.4) is 0 Å². The average molecular weight is 205 g/mol. The van der Waals surface area contributed by atoms with Crippen molar-refractivity contribution in [3.05, 3.63) is 35.4 Å². The van der Waals surface area contributed by atoms with Crippen LogP contribution in [-0.2, 0) is 6.42 Å². The van der Waals surface area contributed by atoms with E-state index in [1.165, 1.54) is 17.5 Å². The minimum atomic E-state index is 0.463. The Morgan fingerprint density at radius 1 is 1.13 bits per heavy atom. The monoisotopic (exact) mass is 205 g/mol. The molecule has 1 unspecified atom stereocenters. The molecule has 84 valence electrons. The first-order chi connectivity index (χ1) is 7.15. The Hall–Kier alpha value is -0.820. The lowest BCUT2D eigenvalue weighted by Gasteiger charge is -2.18. The predicted molar refractivity (Wildman–Crippen MR) is 67.1 cm³/mol. The lowest BCUT2D eigenvalue weighted by molar-refractivity contribution is 0.579. The first-order valence-corrected chi connectivity index (χ1v) is 5.96. The van der Waals surface area contributed by atoms with Crippen molar-refractivity contribution in [2.45, 2.75) is 40.2 Å². The maximum absolute atomic E-state index is 3.48. The topological polar surface area (TPSA) is 12.0 Å². The second-order valence-electron chi connectivity index (χ2n) is 4.58. The van der Waals surface area contributed by atoms with Crippen molar-refractivity contribution in [2.24, 2.45) is 5.92 Å². The van der Waals surface area contributed by atoms with Crippen LogP contribution in [0.2, 0.25) is 0 Å². The predicted octanol–water partition coefficient (Wildman–Crippen LogP) is 3.56. The zero-order valence-corrected chi connectivity index (χ0v) is 10.4. The Labute approximate surface area is 93.9 Å². The van der Waals surface area contributed by atoms with E-state index in [9.17, 15) is 0 Å². The molecule has 0 aromatic heterocycles. The molecule has 0 heterocycles. The van der Waals surface area contributed by atoms with Crippen LogP contribution in [0.1, 0.15) is 44.9 Å². The third-order valence-electron chi connectivity index (χ3n) is 2.66. The molecule has 0 bridgehead atoms. The molecule has 0 aliphatic rings. The lowest BCUT2D eigenvalue weighted by Crippen LogP contribution is -2.19. The van der Waals surface area contributed by atoms with Gasteiger partial charge in [0, 0.05) is 6.04 Å². The fourth-order valence-corrected chi connectivity index (χ4v) is 2.00. The lowest BCUT2D eigenvalue weighted by atomic mass is 9.94. The molecule has 0 saturated heterocycles. The van der Waals surface area contributed by atoms with E-state index in [4.69, 9.17) is 0 Å². The molecule has 1 rings (SSSR count). The van der Waals surface area contributed by atoms with Gasteiger partial charge in [-0.3, -0.25) is 0 Å². The van der Waals surface area contributed by atoms with Crippen molar-refractivity contribution in [2.75, 3.05) is 6.54 Å². The summed E-state index contributed by atoms with van der Waals surface area (Å²) in [6, 6.07) is 9.23. The third-order valence-corrected chi connectivity index (χ3v) is 2.66. The summed E-state index contributed by atoms with van der Waals surface area (Å²) >= 11 is 0. The summed E-state index contributed by atoms with van der Waals surface area (Å²) in [5, 5.41) is 3.48. The zero-order valence-electron chi connectivity index (χ0n) is 10.4. The minimum absolute atomic E-state index is 0.463. The Bertz CT molecular complexity index is 291. The summed E-state index contributed by atoms with van der Waals surface area (Å²) < 4.78 is 0. The third kappa shape index (κ3) is 3.67. The Balaban J connectivity index is 2.85. The quantitative estimate of drug-likeness (QED) is 0.775. The van der Waals surface area contributed by atoms with E-state index < -0.39 is 0 Å². The molecular formula is C14H23N. The Morgan fingerprint density at radius 2 is 1.80 bits per heavy atom. The molecule has 1 aromatic rings. The van der Waals surface area contributed by atoms with Gasteiger partial charge in [-0.05, 0) is 36.9 Å². The molecular weight excluding hydrogens is 182 g/mol. The van der Waals surface area contributed by atoms with Crippen molar-refractivity contribution in [3.8, 4) is 0 Å². The smallest absolute Gasteiger partial charge is 0.0294 e. The van der Waals surface area contributed by atoms with Crippen LogP contribution >= 0.6 is 0 Å². The highest BCUT2D eigenvalue weighted by Gasteiger charge is 2.09. The van der Waals surface area contributed by atoms with Crippen LogP contribution in [0.5, 0.6) is 0 Å². The second-order valence-corrected chi connectivity index (χ2v) is 4.58. The van der Waals surface area contributed by atoms with Gasteiger partial charge in [-0.1, -0.05) is 45.0 Å². The van der Waals surface area contributed by atoms with Crippen molar-refractivity contribution in [1.82, 2.24) is 5.32 Å². The van der Waals surface area contributed by atoms with Gasteiger partial charge < -0.3 is 5.32 Å². The number of benzene rings is 1. The number of rotatable bonds is 5. The average Bonchev–Trinajstić information content (AvgIpc) is 2.18. The van der Waals surface area contributed by atoms with Gasteiger partial charge in [-0.25, -0.2) is 0 Å². The number of hydrogen-bond acceptors (Lipinski definition) is 1. The van der Waals surface area contributed by atoms with E-state index in [1.54, 1.807) is 0 Å². The minimum Gasteiger partial charge on any atom is -0.310 e. The molecule has 0 fully saturated rings. The van der Waals surface area contributed by atoms with Gasteiger partial charge in [0.1, 0.15) is 0 Å². The van der Waals surface area contributed by atoms with Crippen LogP contribution in [0.15, 0.2) is 24.3 Å². The van der Waals surface area contributed by atoms with Gasteiger partial charge in [0.15, 0.2) is 0 Å². The molecule has 0 spiro atoms. The highest BCUT2D eigenvalue weighted by molar-refractivity contribution is 5.30. The van der Waals surface area contributed by atoms with Gasteiger partial charge in [-0.15, -0.1) is 0 Å². The highest BCUT2D eigenvalue weighted by atomic mass is 14.9. The van der Waals surface area contributed by atoms with E-state index in [0.29, 0.717) is 6.04 Å². The maximum Gasteiger partial charge on any atom is 0.0294 e. The van der Waals surface area contributed by atoms with Crippen LogP contribution in [0.4, 0.5) is 0 Å². The SMILES string of the molecule is CCNC(C)c1ccccc1CC(C)C. The van der Waals surface area contributed by atoms with Crippen LogP contribution in [0, 0.1) is 5.92 Å². The molecule has 0 saturated carbocycles. The highest BCUT2D eigenvalue weighted by Crippen LogP contribution is 2.20. The maximum atomic E-state index is 3.48. The molecule has 1 aromatic carbocycles. The van der Waals surface area contributed by atoms with Gasteiger partial charge >= 0.3 is 0 Å². The second kappa shape index (κ2) is 5.92. The van der Waals surface area contributed by atoms with E-state index in [2.05, 4.69) is 57.3 Å². The van der Waals surface area contributed by atoms with Gasteiger partial charge in [-0.2, -0.15) is 0 Å². The van der Waals surface area contributed by atoms with Crippen molar-refractivity contribution >= 4 is 0 Å². The molecule has 0 amide bonds. The normalized spacial score (nSPS) is 13.1. The zero-order chi connectivity index (χ0) is 11.3. The molecule has 1 heteroatoms. The molecule has 1 nitrogen and oxygen atoms in total. The molecule has 0 aliphatic heterocycles. The molecule has 0 aliphatic carbocycles. The van der Waals surface area contributed by atoms with E-state index in [-0.39, 0.29) is 0 Å². The van der Waals surface area contributed by atoms with Gasteiger partial charge in [0.2, 0.25) is 0 Å². The van der Waals surface area contributed by atoms with Crippen LogP contribution < -0.4 is 5.32 Å². The van der Waals surface area contributed by atoms with E-state index >= 15 is 0 Å². The first-order valence-electron chi connectivity index (χ1n) is 5.96. The molecule has 1 N–H and O–H groups in total. The standard InChI is InChI=1S/C14H23N/c1-5-15-12(4)14-9-7-6-8-13(14)10-11(2)3/h6-9,11-12,15H,5,10H2,1-4H3. The van der Waals surface area contributed by atoms with E-state index in [0.717, 1.165) is 12.5 Å². The fourth-order valence-electron chi connectivity index (χ4n) is 2.00. The van der Waals surface area contributed by atoms with Crippen molar-refractivity contribution < 1.29 is 0 Å². The first kappa shape index (κ1) is 12.3. The van der Waals surface area contributed by atoms with Crippen molar-refractivity contribution in [3.63, 3.8) is 0 Å². The Kier molecular flexibility index (Phi) is 4.83.